The van der Waals surface area contributed by atoms with Gasteiger partial charge in [0.2, 0.25) is 0 Å². The molecule has 1 saturated carbocycles. The van der Waals surface area contributed by atoms with Gasteiger partial charge in [0.25, 0.3) is 0 Å². The Morgan fingerprint density at radius 3 is 2.34 bits per heavy atom. The number of methoxy groups -OCH3 is 2. The predicted octanol–water partition coefficient (Wildman–Crippen LogP) is 6.49. The third kappa shape index (κ3) is 2.86. The number of benzene rings is 3. The predicted molar refractivity (Wildman–Crippen MR) is 128 cm³/mol. The molecule has 3 aromatic carbocycles. The quantitative estimate of drug-likeness (QED) is 0.374. The van der Waals surface area contributed by atoms with Gasteiger partial charge in [-0.3, -0.25) is 0 Å². The van der Waals surface area contributed by atoms with E-state index in [2.05, 4.69) is 66.2 Å². The summed E-state index contributed by atoms with van der Waals surface area (Å²) in [4.78, 5) is 0. The van der Waals surface area contributed by atoms with Gasteiger partial charge in [0.1, 0.15) is 6.10 Å². The van der Waals surface area contributed by atoms with Crippen molar-refractivity contribution in [3.8, 4) is 11.5 Å². The molecular formula is C28H29NO3. The number of ether oxygens (including phenoxy) is 3. The number of aryl methyl sites for hydroxylation is 1. The Morgan fingerprint density at radius 2 is 1.53 bits per heavy atom. The van der Waals surface area contributed by atoms with Gasteiger partial charge in [0.05, 0.1) is 20.3 Å². The SMILES string of the molecule is COc1cc2c(cc1OC)[C@H]1CCCC[C@@H]1O[C@H]2c1ccc2c(c1)c1ccccc1n2C. The third-order valence-corrected chi connectivity index (χ3v) is 7.52. The van der Waals surface area contributed by atoms with Gasteiger partial charge in [0.15, 0.2) is 11.5 Å². The average molecular weight is 428 g/mol. The smallest absolute Gasteiger partial charge is 0.161 e. The van der Waals surface area contributed by atoms with Crippen LogP contribution in [0.5, 0.6) is 11.5 Å². The van der Waals surface area contributed by atoms with E-state index in [1.165, 1.54) is 57.8 Å². The van der Waals surface area contributed by atoms with Gasteiger partial charge >= 0.3 is 0 Å². The van der Waals surface area contributed by atoms with Gasteiger partial charge in [-0.15, -0.1) is 0 Å². The van der Waals surface area contributed by atoms with Gasteiger partial charge < -0.3 is 18.8 Å². The molecule has 0 N–H and O–H groups in total. The zero-order valence-corrected chi connectivity index (χ0v) is 18.9. The van der Waals surface area contributed by atoms with E-state index >= 15 is 0 Å². The Kier molecular flexibility index (Phi) is 4.65. The molecule has 0 unspecified atom stereocenters. The molecule has 4 aromatic rings. The lowest BCUT2D eigenvalue weighted by atomic mass is 9.75. The van der Waals surface area contributed by atoms with Crippen LogP contribution in [0.3, 0.4) is 0 Å². The fourth-order valence-corrected chi connectivity index (χ4v) is 5.93. The first-order valence-corrected chi connectivity index (χ1v) is 11.6. The molecule has 0 spiro atoms. The second-order valence-electron chi connectivity index (χ2n) is 9.13. The minimum Gasteiger partial charge on any atom is -0.493 e. The molecule has 1 aromatic heterocycles. The van der Waals surface area contributed by atoms with E-state index in [0.29, 0.717) is 5.92 Å². The van der Waals surface area contributed by atoms with Crippen molar-refractivity contribution in [2.75, 3.05) is 14.2 Å². The van der Waals surface area contributed by atoms with E-state index in [9.17, 15) is 0 Å². The Hall–Kier alpha value is -2.98. The monoisotopic (exact) mass is 427 g/mol. The van der Waals surface area contributed by atoms with Crippen molar-refractivity contribution in [1.82, 2.24) is 4.57 Å². The van der Waals surface area contributed by atoms with E-state index in [4.69, 9.17) is 14.2 Å². The van der Waals surface area contributed by atoms with Gasteiger partial charge in [0, 0.05) is 34.8 Å². The van der Waals surface area contributed by atoms with Crippen LogP contribution in [0.25, 0.3) is 21.8 Å². The van der Waals surface area contributed by atoms with Crippen molar-refractivity contribution in [2.45, 2.75) is 43.8 Å². The molecule has 1 aliphatic carbocycles. The first-order chi connectivity index (χ1) is 15.7. The number of fused-ring (bicyclic) bond motifs is 6. The molecule has 2 aliphatic rings. The topological polar surface area (TPSA) is 32.6 Å². The molecule has 3 atom stereocenters. The highest BCUT2D eigenvalue weighted by molar-refractivity contribution is 6.08. The van der Waals surface area contributed by atoms with Gasteiger partial charge in [-0.2, -0.15) is 0 Å². The summed E-state index contributed by atoms with van der Waals surface area (Å²) in [5.74, 6) is 2.00. The lowest BCUT2D eigenvalue weighted by molar-refractivity contribution is -0.0390. The summed E-state index contributed by atoms with van der Waals surface area (Å²) < 4.78 is 20.4. The van der Waals surface area contributed by atoms with Crippen LogP contribution in [0.2, 0.25) is 0 Å². The van der Waals surface area contributed by atoms with Crippen molar-refractivity contribution < 1.29 is 14.2 Å². The molecule has 164 valence electrons. The maximum absolute atomic E-state index is 6.84. The highest BCUT2D eigenvalue weighted by Gasteiger charge is 2.39. The molecule has 0 saturated heterocycles. The van der Waals surface area contributed by atoms with Crippen molar-refractivity contribution >= 4 is 21.8 Å². The molecule has 0 bridgehead atoms. The van der Waals surface area contributed by atoms with Gasteiger partial charge in [-0.25, -0.2) is 0 Å². The van der Waals surface area contributed by atoms with Crippen LogP contribution in [-0.4, -0.2) is 24.9 Å². The summed E-state index contributed by atoms with van der Waals surface area (Å²) in [5, 5.41) is 2.56. The van der Waals surface area contributed by atoms with E-state index in [1.807, 2.05) is 0 Å². The standard InChI is InChI=1S/C28H29NO3/c1-29-23-10-6-4-8-18(23)21-14-17(12-13-24(21)29)28-22-16-27(31-3)26(30-2)15-20(22)19-9-5-7-11-25(19)32-28/h4,6,8,10,12-16,19,25,28H,5,7,9,11H2,1-3H3/t19-,25+,28+/m1/s1. The summed E-state index contributed by atoms with van der Waals surface area (Å²) in [6.45, 7) is 0. The molecule has 1 aliphatic heterocycles. The molecule has 2 heterocycles. The summed E-state index contributed by atoms with van der Waals surface area (Å²) in [6, 6.07) is 19.7. The molecule has 1 fully saturated rings. The maximum atomic E-state index is 6.84. The number of nitrogens with zero attached hydrogens (tertiary/aromatic N) is 1. The maximum Gasteiger partial charge on any atom is 0.161 e. The third-order valence-electron chi connectivity index (χ3n) is 7.52. The van der Waals surface area contributed by atoms with E-state index < -0.39 is 0 Å². The van der Waals surface area contributed by atoms with Crippen LogP contribution in [0.15, 0.2) is 54.6 Å². The van der Waals surface area contributed by atoms with E-state index in [1.54, 1.807) is 14.2 Å². The second kappa shape index (κ2) is 7.56. The van der Waals surface area contributed by atoms with E-state index in [0.717, 1.165) is 17.9 Å². The molecule has 6 rings (SSSR count). The first-order valence-electron chi connectivity index (χ1n) is 11.6. The summed E-state index contributed by atoms with van der Waals surface area (Å²) in [5.41, 5.74) is 6.27. The van der Waals surface area contributed by atoms with E-state index in [-0.39, 0.29) is 12.2 Å². The zero-order chi connectivity index (χ0) is 21.8. The Balaban J connectivity index is 1.55. The number of hydrogen-bond acceptors (Lipinski definition) is 3. The van der Waals surface area contributed by atoms with Crippen LogP contribution in [0.1, 0.15) is 54.4 Å². The summed E-state index contributed by atoms with van der Waals surface area (Å²) in [6.07, 6.45) is 4.92. The number of rotatable bonds is 3. The molecule has 0 amide bonds. The summed E-state index contributed by atoms with van der Waals surface area (Å²) in [7, 11) is 5.56. The Morgan fingerprint density at radius 1 is 0.812 bits per heavy atom. The van der Waals surface area contributed by atoms with Crippen molar-refractivity contribution in [1.29, 1.82) is 0 Å². The molecule has 4 heteroatoms. The van der Waals surface area contributed by atoms with Crippen LogP contribution < -0.4 is 9.47 Å². The fraction of sp³-hybridized carbons (Fsp3) is 0.357. The van der Waals surface area contributed by atoms with Crippen molar-refractivity contribution in [2.24, 2.45) is 7.05 Å². The molecule has 0 radical (unpaired) electrons. The Bertz CT molecular complexity index is 1320. The highest BCUT2D eigenvalue weighted by atomic mass is 16.5. The zero-order valence-electron chi connectivity index (χ0n) is 18.9. The highest BCUT2D eigenvalue weighted by Crippen LogP contribution is 2.50. The van der Waals surface area contributed by atoms with Crippen molar-refractivity contribution in [3.05, 3.63) is 71.3 Å². The molecule has 32 heavy (non-hydrogen) atoms. The second-order valence-corrected chi connectivity index (χ2v) is 9.13. The minimum atomic E-state index is -0.104. The summed E-state index contributed by atoms with van der Waals surface area (Å²) >= 11 is 0. The lowest BCUT2D eigenvalue weighted by Crippen LogP contribution is -2.33. The normalized spacial score (nSPS) is 22.5. The number of para-hydroxylation sites is 1. The van der Waals surface area contributed by atoms with Gasteiger partial charge in [-0.05, 0) is 59.9 Å². The minimum absolute atomic E-state index is 0.104. The van der Waals surface area contributed by atoms with Crippen LogP contribution in [-0.2, 0) is 11.8 Å². The largest absolute Gasteiger partial charge is 0.493 e. The van der Waals surface area contributed by atoms with Crippen LogP contribution in [0.4, 0.5) is 0 Å². The number of aromatic nitrogens is 1. The number of hydrogen-bond donors (Lipinski definition) is 0. The van der Waals surface area contributed by atoms with Gasteiger partial charge in [-0.1, -0.05) is 37.1 Å². The fourth-order valence-electron chi connectivity index (χ4n) is 5.93. The first kappa shape index (κ1) is 19.7. The molecular weight excluding hydrogens is 398 g/mol. The average Bonchev–Trinajstić information content (AvgIpc) is 3.14. The van der Waals surface area contributed by atoms with Crippen molar-refractivity contribution in [3.63, 3.8) is 0 Å². The van der Waals surface area contributed by atoms with Crippen LogP contribution in [0, 0.1) is 0 Å². The molecule has 4 nitrogen and oxygen atoms in total. The Labute approximate surface area is 188 Å². The van der Waals surface area contributed by atoms with Crippen LogP contribution >= 0.6 is 0 Å². The lowest BCUT2D eigenvalue weighted by Gasteiger charge is -2.41.